The van der Waals surface area contributed by atoms with Crippen LogP contribution in [-0.4, -0.2) is 12.5 Å². The molecule has 0 aromatic carbocycles. The zero-order chi connectivity index (χ0) is 9.40. The predicted octanol–water partition coefficient (Wildman–Crippen LogP) is 0.342. The molecule has 0 aromatic heterocycles. The lowest BCUT2D eigenvalue weighted by Crippen LogP contribution is -2.25. The van der Waals surface area contributed by atoms with Gasteiger partial charge in [0, 0.05) is 18.7 Å². The van der Waals surface area contributed by atoms with E-state index in [1.807, 2.05) is 6.07 Å². The van der Waals surface area contributed by atoms with E-state index in [9.17, 15) is 4.79 Å². The second kappa shape index (κ2) is 5.94. The highest BCUT2D eigenvalue weighted by Gasteiger charge is 1.99. The molecule has 1 atom stereocenters. The van der Waals surface area contributed by atoms with Gasteiger partial charge in [-0.2, -0.15) is 10.5 Å². The molecular weight excluding hydrogens is 154 g/mol. The van der Waals surface area contributed by atoms with Gasteiger partial charge in [0.2, 0.25) is 5.91 Å². The Kier molecular flexibility index (Phi) is 5.04. The van der Waals surface area contributed by atoms with Crippen LogP contribution in [0.4, 0.5) is 0 Å². The van der Waals surface area contributed by atoms with Crippen LogP contribution in [-0.2, 0) is 4.79 Å². The first-order valence-corrected chi connectivity index (χ1v) is 3.44. The van der Waals surface area contributed by atoms with Crippen molar-refractivity contribution in [3.63, 3.8) is 0 Å². The lowest BCUT2D eigenvalue weighted by atomic mass is 10.2. The van der Waals surface area contributed by atoms with Gasteiger partial charge in [-0.1, -0.05) is 0 Å². The molecule has 0 spiro atoms. The standard InChI is InChI=1S/C8H9N3O/c1-7(5-10)6-11-8(12)3-2-4-9/h2-3,7H,6H2,1H3,(H,11,12)/b3-2+. The quantitative estimate of drug-likeness (QED) is 0.481. The van der Waals surface area contributed by atoms with Gasteiger partial charge < -0.3 is 5.32 Å². The van der Waals surface area contributed by atoms with Gasteiger partial charge in [-0.05, 0) is 6.92 Å². The number of carbonyl (C=O) groups is 1. The monoisotopic (exact) mass is 163 g/mol. The highest BCUT2D eigenvalue weighted by molar-refractivity contribution is 5.87. The first-order valence-electron chi connectivity index (χ1n) is 3.44. The zero-order valence-electron chi connectivity index (χ0n) is 6.74. The van der Waals surface area contributed by atoms with Gasteiger partial charge in [-0.15, -0.1) is 0 Å². The second-order valence-electron chi connectivity index (χ2n) is 2.24. The average Bonchev–Trinajstić information content (AvgIpc) is 2.10. The minimum absolute atomic E-state index is 0.204. The lowest BCUT2D eigenvalue weighted by molar-refractivity contribution is -0.116. The number of carbonyl (C=O) groups excluding carboxylic acids is 1. The Hall–Kier alpha value is -1.81. The third-order valence-corrected chi connectivity index (χ3v) is 1.11. The summed E-state index contributed by atoms with van der Waals surface area (Å²) in [7, 11) is 0. The molecule has 0 saturated heterocycles. The SMILES string of the molecule is CC(C#N)CNC(=O)/C=C/C#N. The molecule has 0 fully saturated rings. The Balaban J connectivity index is 3.68. The number of hydrogen-bond donors (Lipinski definition) is 1. The van der Waals surface area contributed by atoms with E-state index in [1.165, 1.54) is 0 Å². The summed E-state index contributed by atoms with van der Waals surface area (Å²) in [5, 5.41) is 18.9. The van der Waals surface area contributed by atoms with E-state index in [2.05, 4.69) is 5.32 Å². The van der Waals surface area contributed by atoms with Crippen LogP contribution < -0.4 is 5.32 Å². The maximum absolute atomic E-state index is 10.8. The molecule has 1 unspecified atom stereocenters. The fraction of sp³-hybridized carbons (Fsp3) is 0.375. The van der Waals surface area contributed by atoms with Crippen LogP contribution in [0.3, 0.4) is 0 Å². The van der Waals surface area contributed by atoms with Gasteiger partial charge in [0.1, 0.15) is 0 Å². The van der Waals surface area contributed by atoms with Crippen molar-refractivity contribution in [2.75, 3.05) is 6.54 Å². The van der Waals surface area contributed by atoms with Crippen molar-refractivity contribution in [1.29, 1.82) is 10.5 Å². The van der Waals surface area contributed by atoms with Crippen molar-refractivity contribution >= 4 is 5.91 Å². The van der Waals surface area contributed by atoms with Gasteiger partial charge in [-0.3, -0.25) is 4.79 Å². The summed E-state index contributed by atoms with van der Waals surface area (Å²) in [6, 6.07) is 3.67. The number of nitriles is 2. The van der Waals surface area contributed by atoms with E-state index < -0.39 is 0 Å². The molecule has 0 heterocycles. The van der Waals surface area contributed by atoms with Gasteiger partial charge >= 0.3 is 0 Å². The van der Waals surface area contributed by atoms with Gasteiger partial charge in [0.25, 0.3) is 0 Å². The van der Waals surface area contributed by atoms with Crippen molar-refractivity contribution in [1.82, 2.24) is 5.32 Å². The average molecular weight is 163 g/mol. The minimum Gasteiger partial charge on any atom is -0.351 e. The Morgan fingerprint density at radius 2 is 2.33 bits per heavy atom. The maximum atomic E-state index is 10.8. The van der Waals surface area contributed by atoms with E-state index in [1.54, 1.807) is 13.0 Å². The Labute approximate surface area is 71.1 Å². The maximum Gasteiger partial charge on any atom is 0.244 e. The van der Waals surface area contributed by atoms with Crippen molar-refractivity contribution in [2.24, 2.45) is 5.92 Å². The van der Waals surface area contributed by atoms with Crippen LogP contribution in [0.25, 0.3) is 0 Å². The first-order chi connectivity index (χ1) is 5.70. The largest absolute Gasteiger partial charge is 0.351 e. The van der Waals surface area contributed by atoms with Crippen LogP contribution in [0.1, 0.15) is 6.92 Å². The number of allylic oxidation sites excluding steroid dienone is 1. The Morgan fingerprint density at radius 1 is 1.67 bits per heavy atom. The number of nitrogens with one attached hydrogen (secondary N) is 1. The molecule has 0 aromatic rings. The van der Waals surface area contributed by atoms with Crippen LogP contribution in [0.2, 0.25) is 0 Å². The van der Waals surface area contributed by atoms with Crippen molar-refractivity contribution in [3.8, 4) is 12.1 Å². The fourth-order valence-electron chi connectivity index (χ4n) is 0.471. The van der Waals surface area contributed by atoms with Crippen LogP contribution in [0, 0.1) is 28.6 Å². The molecule has 1 N–H and O–H groups in total. The van der Waals surface area contributed by atoms with Gasteiger partial charge in [-0.25, -0.2) is 0 Å². The van der Waals surface area contributed by atoms with Crippen LogP contribution in [0.15, 0.2) is 12.2 Å². The molecule has 0 aliphatic rings. The van der Waals surface area contributed by atoms with Crippen LogP contribution in [0.5, 0.6) is 0 Å². The molecule has 12 heavy (non-hydrogen) atoms. The molecule has 62 valence electrons. The molecule has 4 heteroatoms. The molecule has 1 amide bonds. The van der Waals surface area contributed by atoms with Crippen molar-refractivity contribution < 1.29 is 4.79 Å². The topological polar surface area (TPSA) is 76.7 Å². The van der Waals surface area contributed by atoms with Crippen molar-refractivity contribution in [2.45, 2.75) is 6.92 Å². The van der Waals surface area contributed by atoms with Crippen LogP contribution >= 0.6 is 0 Å². The summed E-state index contributed by atoms with van der Waals surface area (Å²) in [5.41, 5.74) is 0. The summed E-state index contributed by atoms with van der Waals surface area (Å²) < 4.78 is 0. The summed E-state index contributed by atoms with van der Waals surface area (Å²) >= 11 is 0. The van der Waals surface area contributed by atoms with E-state index in [0.717, 1.165) is 12.2 Å². The normalized spacial score (nSPS) is 11.6. The molecule has 4 nitrogen and oxygen atoms in total. The summed E-state index contributed by atoms with van der Waals surface area (Å²) in [6.45, 7) is 2.01. The highest BCUT2D eigenvalue weighted by Crippen LogP contribution is 1.87. The summed E-state index contributed by atoms with van der Waals surface area (Å²) in [6.07, 6.45) is 2.22. The number of hydrogen-bond acceptors (Lipinski definition) is 3. The Bertz CT molecular complexity index is 256. The third kappa shape index (κ3) is 5.01. The number of nitrogens with zero attached hydrogens (tertiary/aromatic N) is 2. The van der Waals surface area contributed by atoms with Gasteiger partial charge in [0.15, 0.2) is 0 Å². The molecule has 0 bridgehead atoms. The number of amides is 1. The van der Waals surface area contributed by atoms with E-state index in [-0.39, 0.29) is 11.8 Å². The van der Waals surface area contributed by atoms with Gasteiger partial charge in [0.05, 0.1) is 18.1 Å². The summed E-state index contributed by atoms with van der Waals surface area (Å²) in [4.78, 5) is 10.8. The molecule has 0 saturated carbocycles. The highest BCUT2D eigenvalue weighted by atomic mass is 16.1. The van der Waals surface area contributed by atoms with E-state index in [4.69, 9.17) is 10.5 Å². The minimum atomic E-state index is -0.348. The molecule has 0 aliphatic carbocycles. The second-order valence-corrected chi connectivity index (χ2v) is 2.24. The first kappa shape index (κ1) is 10.2. The number of rotatable bonds is 3. The van der Waals surface area contributed by atoms with E-state index in [0.29, 0.717) is 6.54 Å². The molecule has 0 rings (SSSR count). The summed E-state index contributed by atoms with van der Waals surface area (Å²) in [5.74, 6) is -0.553. The molecule has 0 radical (unpaired) electrons. The smallest absolute Gasteiger partial charge is 0.244 e. The predicted molar refractivity (Wildman–Crippen MR) is 42.5 cm³/mol. The van der Waals surface area contributed by atoms with Crippen molar-refractivity contribution in [3.05, 3.63) is 12.2 Å². The fourth-order valence-corrected chi connectivity index (χ4v) is 0.471. The molecule has 0 aliphatic heterocycles. The lowest BCUT2D eigenvalue weighted by Gasteiger charge is -2.01. The zero-order valence-corrected chi connectivity index (χ0v) is 6.74. The van der Waals surface area contributed by atoms with E-state index >= 15 is 0 Å². The molecular formula is C8H9N3O. The third-order valence-electron chi connectivity index (χ3n) is 1.11. The Morgan fingerprint density at radius 3 is 2.83 bits per heavy atom.